The fourth-order valence-corrected chi connectivity index (χ4v) is 1.75. The van der Waals surface area contributed by atoms with Gasteiger partial charge in [-0.15, -0.1) is 12.4 Å². The molecule has 0 aliphatic rings. The number of carbonyl (C=O) groups is 1. The number of hydrogen-bond acceptors (Lipinski definition) is 2. The number of nitrogens with one attached hydrogen (secondary N) is 1. The average Bonchev–Trinajstić information content (AvgIpc) is 2.44. The van der Waals surface area contributed by atoms with E-state index in [9.17, 15) is 4.79 Å². The quantitative estimate of drug-likeness (QED) is 0.844. The summed E-state index contributed by atoms with van der Waals surface area (Å²) in [6.45, 7) is 6.71. The van der Waals surface area contributed by atoms with Crippen LogP contribution >= 0.6 is 12.4 Å². The predicted octanol–water partition coefficient (Wildman–Crippen LogP) is 2.92. The number of rotatable bonds is 6. The zero-order chi connectivity index (χ0) is 13.6. The number of nitrogens with two attached hydrogens (primary N) is 1. The molecule has 4 heteroatoms. The highest BCUT2D eigenvalue weighted by Crippen LogP contribution is 2.10. The molecule has 0 saturated heterocycles. The molecule has 0 saturated carbocycles. The van der Waals surface area contributed by atoms with E-state index in [1.807, 2.05) is 38.1 Å². The van der Waals surface area contributed by atoms with E-state index < -0.39 is 0 Å². The summed E-state index contributed by atoms with van der Waals surface area (Å²) in [4.78, 5) is 12.0. The third kappa shape index (κ3) is 5.21. The number of halogens is 1. The molecule has 1 rings (SSSR count). The molecule has 0 atom stereocenters. The minimum absolute atomic E-state index is 0. The van der Waals surface area contributed by atoms with Crippen molar-refractivity contribution in [3.05, 3.63) is 35.4 Å². The summed E-state index contributed by atoms with van der Waals surface area (Å²) in [6, 6.07) is 7.71. The van der Waals surface area contributed by atoms with Gasteiger partial charge in [-0.3, -0.25) is 4.79 Å². The molecule has 1 amide bonds. The Morgan fingerprint density at radius 3 is 2.11 bits per heavy atom. The Balaban J connectivity index is 0.00000324. The standard InChI is InChI=1S/C15H24N2O.ClH/c1-4-12-7-9-13(10-8-12)14(18)17-11-15(16,5-2)6-3;/h7-10H,4-6,11,16H2,1-3H3,(H,17,18);1H. The maximum absolute atomic E-state index is 12.0. The number of hydrogen-bond donors (Lipinski definition) is 2. The second kappa shape index (κ2) is 8.18. The Morgan fingerprint density at radius 1 is 1.16 bits per heavy atom. The summed E-state index contributed by atoms with van der Waals surface area (Å²) in [7, 11) is 0. The Morgan fingerprint density at radius 2 is 1.68 bits per heavy atom. The number of benzene rings is 1. The van der Waals surface area contributed by atoms with Crippen molar-refractivity contribution >= 4 is 18.3 Å². The van der Waals surface area contributed by atoms with Crippen LogP contribution in [0.5, 0.6) is 0 Å². The minimum Gasteiger partial charge on any atom is -0.350 e. The molecule has 0 fully saturated rings. The Kier molecular flexibility index (Phi) is 7.72. The van der Waals surface area contributed by atoms with E-state index in [2.05, 4.69) is 12.2 Å². The lowest BCUT2D eigenvalue weighted by Crippen LogP contribution is -2.49. The molecular formula is C15H25ClN2O. The lowest BCUT2D eigenvalue weighted by molar-refractivity contribution is 0.0942. The van der Waals surface area contributed by atoms with Crippen molar-refractivity contribution in [3.63, 3.8) is 0 Å². The first-order valence-electron chi connectivity index (χ1n) is 6.70. The molecule has 1 aromatic carbocycles. The molecule has 108 valence electrons. The predicted molar refractivity (Wildman–Crippen MR) is 82.9 cm³/mol. The molecule has 1 aromatic rings. The fraction of sp³-hybridized carbons (Fsp3) is 0.533. The third-order valence-corrected chi connectivity index (χ3v) is 3.63. The van der Waals surface area contributed by atoms with Gasteiger partial charge in [0.2, 0.25) is 0 Å². The van der Waals surface area contributed by atoms with Crippen LogP contribution in [-0.4, -0.2) is 18.0 Å². The van der Waals surface area contributed by atoms with Gasteiger partial charge >= 0.3 is 0 Å². The van der Waals surface area contributed by atoms with Crippen molar-refractivity contribution in [2.45, 2.75) is 45.6 Å². The van der Waals surface area contributed by atoms with Crippen molar-refractivity contribution < 1.29 is 4.79 Å². The summed E-state index contributed by atoms with van der Waals surface area (Å²) < 4.78 is 0. The second-order valence-corrected chi connectivity index (χ2v) is 4.80. The van der Waals surface area contributed by atoms with Gasteiger partial charge in [0.1, 0.15) is 0 Å². The molecule has 3 N–H and O–H groups in total. The van der Waals surface area contributed by atoms with Gasteiger partial charge in [-0.05, 0) is 37.0 Å². The number of aryl methyl sites for hydroxylation is 1. The first kappa shape index (κ1) is 17.9. The van der Waals surface area contributed by atoms with E-state index in [1.165, 1.54) is 5.56 Å². The first-order valence-corrected chi connectivity index (χ1v) is 6.70. The zero-order valence-electron chi connectivity index (χ0n) is 12.0. The fourth-order valence-electron chi connectivity index (χ4n) is 1.75. The van der Waals surface area contributed by atoms with Crippen molar-refractivity contribution in [1.29, 1.82) is 0 Å². The highest BCUT2D eigenvalue weighted by atomic mass is 35.5. The van der Waals surface area contributed by atoms with Gasteiger partial charge in [-0.25, -0.2) is 0 Å². The van der Waals surface area contributed by atoms with E-state index in [-0.39, 0.29) is 23.9 Å². The number of carbonyl (C=O) groups excluding carboxylic acids is 1. The molecule has 0 unspecified atom stereocenters. The largest absolute Gasteiger partial charge is 0.350 e. The van der Waals surface area contributed by atoms with Crippen LogP contribution in [0.25, 0.3) is 0 Å². The zero-order valence-corrected chi connectivity index (χ0v) is 12.8. The summed E-state index contributed by atoms with van der Waals surface area (Å²) in [6.07, 6.45) is 2.70. The first-order chi connectivity index (χ1) is 8.54. The van der Waals surface area contributed by atoms with Gasteiger partial charge < -0.3 is 11.1 Å². The van der Waals surface area contributed by atoms with Crippen LogP contribution in [-0.2, 0) is 6.42 Å². The number of amides is 1. The van der Waals surface area contributed by atoms with Gasteiger partial charge in [0, 0.05) is 17.6 Å². The highest BCUT2D eigenvalue weighted by Gasteiger charge is 2.21. The van der Waals surface area contributed by atoms with Crippen LogP contribution < -0.4 is 11.1 Å². The second-order valence-electron chi connectivity index (χ2n) is 4.80. The van der Waals surface area contributed by atoms with Crippen molar-refractivity contribution in [1.82, 2.24) is 5.32 Å². The Labute approximate surface area is 122 Å². The smallest absolute Gasteiger partial charge is 0.251 e. The topological polar surface area (TPSA) is 55.1 Å². The van der Waals surface area contributed by atoms with E-state index in [0.717, 1.165) is 19.3 Å². The minimum atomic E-state index is -0.293. The van der Waals surface area contributed by atoms with Crippen molar-refractivity contribution in [2.24, 2.45) is 5.73 Å². The van der Waals surface area contributed by atoms with Crippen LogP contribution in [0.15, 0.2) is 24.3 Å². The van der Waals surface area contributed by atoms with Gasteiger partial charge in [-0.2, -0.15) is 0 Å². The molecule has 0 radical (unpaired) electrons. The van der Waals surface area contributed by atoms with E-state index in [1.54, 1.807) is 0 Å². The summed E-state index contributed by atoms with van der Waals surface area (Å²) in [5.74, 6) is -0.0469. The van der Waals surface area contributed by atoms with Gasteiger partial charge in [0.25, 0.3) is 5.91 Å². The average molecular weight is 285 g/mol. The maximum Gasteiger partial charge on any atom is 0.251 e. The van der Waals surface area contributed by atoms with Crippen molar-refractivity contribution in [2.75, 3.05) is 6.54 Å². The van der Waals surface area contributed by atoms with E-state index in [4.69, 9.17) is 5.73 Å². The SMILES string of the molecule is CCc1ccc(C(=O)NCC(N)(CC)CC)cc1.Cl. The monoisotopic (exact) mass is 284 g/mol. The van der Waals surface area contributed by atoms with Crippen LogP contribution in [0, 0.1) is 0 Å². The van der Waals surface area contributed by atoms with Crippen LogP contribution in [0.3, 0.4) is 0 Å². The molecule has 0 bridgehead atoms. The molecule has 19 heavy (non-hydrogen) atoms. The van der Waals surface area contributed by atoms with Gasteiger partial charge in [0.05, 0.1) is 0 Å². The van der Waals surface area contributed by atoms with Crippen LogP contribution in [0.2, 0.25) is 0 Å². The van der Waals surface area contributed by atoms with E-state index in [0.29, 0.717) is 12.1 Å². The molecule has 0 spiro atoms. The summed E-state index contributed by atoms with van der Waals surface area (Å²) in [5, 5.41) is 2.91. The van der Waals surface area contributed by atoms with Crippen LogP contribution in [0.4, 0.5) is 0 Å². The van der Waals surface area contributed by atoms with E-state index >= 15 is 0 Å². The normalized spacial score (nSPS) is 10.7. The molecule has 0 aliphatic carbocycles. The lowest BCUT2D eigenvalue weighted by atomic mass is 9.94. The molecule has 0 heterocycles. The molecule has 0 aliphatic heterocycles. The maximum atomic E-state index is 12.0. The summed E-state index contributed by atoms with van der Waals surface area (Å²) >= 11 is 0. The Bertz CT molecular complexity index is 386. The molecule has 3 nitrogen and oxygen atoms in total. The van der Waals surface area contributed by atoms with Crippen LogP contribution in [0.1, 0.15) is 49.5 Å². The summed E-state index contributed by atoms with van der Waals surface area (Å²) in [5.41, 5.74) is 7.80. The molecular weight excluding hydrogens is 260 g/mol. The lowest BCUT2D eigenvalue weighted by Gasteiger charge is -2.26. The third-order valence-electron chi connectivity index (χ3n) is 3.63. The van der Waals surface area contributed by atoms with Gasteiger partial charge in [-0.1, -0.05) is 32.9 Å². The highest BCUT2D eigenvalue weighted by molar-refractivity contribution is 5.94. The molecule has 0 aromatic heterocycles. The van der Waals surface area contributed by atoms with Crippen molar-refractivity contribution in [3.8, 4) is 0 Å². The Hall–Kier alpha value is -1.06. The van der Waals surface area contributed by atoms with Gasteiger partial charge in [0.15, 0.2) is 0 Å².